The molecule has 0 saturated heterocycles. The molecular formula is C46H45N. The zero-order valence-corrected chi connectivity index (χ0v) is 27.7. The van der Waals surface area contributed by atoms with Crippen molar-refractivity contribution in [3.8, 4) is 22.3 Å². The molecule has 3 saturated carbocycles. The summed E-state index contributed by atoms with van der Waals surface area (Å²) in [6.07, 6.45) is 13.3. The van der Waals surface area contributed by atoms with Crippen LogP contribution in [0.15, 0.2) is 115 Å². The van der Waals surface area contributed by atoms with E-state index in [9.17, 15) is 0 Å². The summed E-state index contributed by atoms with van der Waals surface area (Å²) in [6.45, 7) is 2.47. The minimum atomic E-state index is 0.115. The fourth-order valence-corrected chi connectivity index (χ4v) is 11.8. The van der Waals surface area contributed by atoms with Crippen LogP contribution in [0, 0.1) is 17.8 Å². The molecule has 3 fully saturated rings. The van der Waals surface area contributed by atoms with Crippen LogP contribution in [-0.2, 0) is 10.8 Å². The van der Waals surface area contributed by atoms with Crippen LogP contribution in [0.4, 0.5) is 17.1 Å². The SMILES string of the molecule is CCC1CC2CCCC(C2)C12c1ccccc1-c1ccc(N(c3ccccc3)c3ccc4c(c3)C3(CCCC3)c3ccccc3-4)cc12. The van der Waals surface area contributed by atoms with Gasteiger partial charge in [-0.1, -0.05) is 118 Å². The van der Waals surface area contributed by atoms with Crippen LogP contribution in [0.2, 0.25) is 0 Å². The molecule has 0 aromatic heterocycles. The van der Waals surface area contributed by atoms with Crippen LogP contribution in [-0.4, -0.2) is 0 Å². The second-order valence-corrected chi connectivity index (χ2v) is 15.5. The standard InChI is InChI=1S/C46H45N/c1-2-32-27-31-13-12-14-33(28-31)46(32)42-20-9-7-18-38(42)40-24-22-36(30-44(40)46)47(34-15-4-3-5-16-34)35-21-23-39-37-17-6-8-19-41(37)45(43(39)29-35)25-10-11-26-45/h3-9,15-24,29-33H,2,10-14,25-28H2,1H3. The lowest BCUT2D eigenvalue weighted by atomic mass is 9.50. The van der Waals surface area contributed by atoms with Gasteiger partial charge >= 0.3 is 0 Å². The van der Waals surface area contributed by atoms with Gasteiger partial charge in [-0.15, -0.1) is 0 Å². The van der Waals surface area contributed by atoms with Crippen molar-refractivity contribution in [2.24, 2.45) is 17.8 Å². The number of fused-ring (bicyclic) bond motifs is 13. The van der Waals surface area contributed by atoms with Crippen LogP contribution < -0.4 is 4.90 Å². The van der Waals surface area contributed by atoms with E-state index < -0.39 is 0 Å². The second-order valence-electron chi connectivity index (χ2n) is 15.5. The number of para-hydroxylation sites is 1. The molecule has 47 heavy (non-hydrogen) atoms. The van der Waals surface area contributed by atoms with Crippen molar-refractivity contribution >= 4 is 17.1 Å². The number of nitrogens with zero attached hydrogens (tertiary/aromatic N) is 1. The minimum absolute atomic E-state index is 0.115. The van der Waals surface area contributed by atoms with Crippen molar-refractivity contribution in [1.82, 2.24) is 0 Å². The Labute approximate surface area is 280 Å². The maximum absolute atomic E-state index is 2.65. The molecule has 2 spiro atoms. The largest absolute Gasteiger partial charge is 0.310 e. The summed E-state index contributed by atoms with van der Waals surface area (Å²) in [5.74, 6) is 2.32. The van der Waals surface area contributed by atoms with E-state index in [1.807, 2.05) is 0 Å². The number of anilines is 3. The lowest BCUT2D eigenvalue weighted by molar-refractivity contribution is 0.0557. The van der Waals surface area contributed by atoms with Crippen LogP contribution >= 0.6 is 0 Å². The molecular weight excluding hydrogens is 567 g/mol. The van der Waals surface area contributed by atoms with Gasteiger partial charge in [-0.05, 0) is 131 Å². The van der Waals surface area contributed by atoms with Gasteiger partial charge in [-0.25, -0.2) is 0 Å². The Kier molecular flexibility index (Phi) is 6.22. The summed E-state index contributed by atoms with van der Waals surface area (Å²) < 4.78 is 0. The lowest BCUT2D eigenvalue weighted by Crippen LogP contribution is -2.48. The van der Waals surface area contributed by atoms with E-state index in [2.05, 4.69) is 127 Å². The predicted molar refractivity (Wildman–Crippen MR) is 196 cm³/mol. The predicted octanol–water partition coefficient (Wildman–Crippen LogP) is 12.5. The highest BCUT2D eigenvalue weighted by atomic mass is 15.1. The molecule has 5 aromatic rings. The summed E-state index contributed by atoms with van der Waals surface area (Å²) in [5, 5.41) is 0. The van der Waals surface area contributed by atoms with E-state index >= 15 is 0 Å². The molecule has 5 aliphatic rings. The molecule has 0 radical (unpaired) electrons. The van der Waals surface area contributed by atoms with Gasteiger partial charge in [-0.2, -0.15) is 0 Å². The van der Waals surface area contributed by atoms with E-state index in [1.54, 1.807) is 22.3 Å². The van der Waals surface area contributed by atoms with E-state index in [1.165, 1.54) is 104 Å². The van der Waals surface area contributed by atoms with Gasteiger partial charge in [0.1, 0.15) is 0 Å². The van der Waals surface area contributed by atoms with Crippen molar-refractivity contribution in [2.45, 2.75) is 82.0 Å². The van der Waals surface area contributed by atoms with Crippen LogP contribution in [0.25, 0.3) is 22.3 Å². The molecule has 5 aliphatic carbocycles. The van der Waals surface area contributed by atoms with Crippen molar-refractivity contribution in [1.29, 1.82) is 0 Å². The Morgan fingerprint density at radius 1 is 0.553 bits per heavy atom. The fraction of sp³-hybridized carbons (Fsp3) is 0.348. The molecule has 0 N–H and O–H groups in total. The normalized spacial score (nSPS) is 25.8. The topological polar surface area (TPSA) is 3.24 Å². The zero-order valence-electron chi connectivity index (χ0n) is 27.7. The van der Waals surface area contributed by atoms with Crippen LogP contribution in [0.3, 0.4) is 0 Å². The first-order valence-corrected chi connectivity index (χ1v) is 18.6. The van der Waals surface area contributed by atoms with Crippen LogP contribution in [0.5, 0.6) is 0 Å². The van der Waals surface area contributed by atoms with Crippen molar-refractivity contribution < 1.29 is 0 Å². The average molecular weight is 612 g/mol. The van der Waals surface area contributed by atoms with Crippen molar-refractivity contribution in [3.63, 3.8) is 0 Å². The first-order chi connectivity index (χ1) is 23.2. The first kappa shape index (κ1) is 28.0. The summed E-state index contributed by atoms with van der Waals surface area (Å²) in [6, 6.07) is 44.8. The molecule has 0 aliphatic heterocycles. The Hall–Kier alpha value is -4.10. The third-order valence-electron chi connectivity index (χ3n) is 13.5. The molecule has 0 amide bonds. The van der Waals surface area contributed by atoms with Crippen molar-refractivity contribution in [2.75, 3.05) is 4.90 Å². The highest BCUT2D eigenvalue weighted by Gasteiger charge is 2.56. The highest BCUT2D eigenvalue weighted by molar-refractivity contribution is 5.88. The summed E-state index contributed by atoms with van der Waals surface area (Å²) in [4.78, 5) is 2.57. The maximum Gasteiger partial charge on any atom is 0.0465 e. The molecule has 10 rings (SSSR count). The molecule has 2 bridgehead atoms. The number of hydrogen-bond acceptors (Lipinski definition) is 1. The third kappa shape index (κ3) is 3.78. The van der Waals surface area contributed by atoms with Gasteiger partial charge in [0.15, 0.2) is 0 Å². The van der Waals surface area contributed by atoms with Crippen LogP contribution in [0.1, 0.15) is 93.4 Å². The van der Waals surface area contributed by atoms with E-state index in [-0.39, 0.29) is 10.8 Å². The smallest absolute Gasteiger partial charge is 0.0465 e. The fourth-order valence-electron chi connectivity index (χ4n) is 11.8. The Balaban J connectivity index is 1.18. The van der Waals surface area contributed by atoms with Gasteiger partial charge < -0.3 is 4.90 Å². The van der Waals surface area contributed by atoms with E-state index in [0.717, 1.165) is 11.8 Å². The van der Waals surface area contributed by atoms with Gasteiger partial charge in [0.05, 0.1) is 0 Å². The monoisotopic (exact) mass is 611 g/mol. The van der Waals surface area contributed by atoms with Gasteiger partial charge in [-0.3, -0.25) is 0 Å². The van der Waals surface area contributed by atoms with E-state index in [0.29, 0.717) is 5.92 Å². The number of benzene rings is 5. The second kappa shape index (κ2) is 10.4. The summed E-state index contributed by atoms with van der Waals surface area (Å²) in [5.41, 5.74) is 16.3. The molecule has 1 nitrogen and oxygen atoms in total. The zero-order chi connectivity index (χ0) is 31.2. The van der Waals surface area contributed by atoms with Gasteiger partial charge in [0.2, 0.25) is 0 Å². The molecule has 0 heterocycles. The quantitative estimate of drug-likeness (QED) is 0.195. The van der Waals surface area contributed by atoms with E-state index in [4.69, 9.17) is 0 Å². The van der Waals surface area contributed by atoms with Gasteiger partial charge in [0, 0.05) is 27.9 Å². The Morgan fingerprint density at radius 2 is 1.17 bits per heavy atom. The molecule has 4 atom stereocenters. The average Bonchev–Trinajstić information content (AvgIpc) is 3.81. The maximum atomic E-state index is 2.65. The minimum Gasteiger partial charge on any atom is -0.310 e. The van der Waals surface area contributed by atoms with Gasteiger partial charge in [0.25, 0.3) is 0 Å². The molecule has 1 heteroatoms. The first-order valence-electron chi connectivity index (χ1n) is 18.6. The summed E-state index contributed by atoms with van der Waals surface area (Å²) >= 11 is 0. The summed E-state index contributed by atoms with van der Waals surface area (Å²) in [7, 11) is 0. The highest BCUT2D eigenvalue weighted by Crippen LogP contribution is 2.65. The molecule has 4 unspecified atom stereocenters. The number of hydrogen-bond donors (Lipinski definition) is 0. The third-order valence-corrected chi connectivity index (χ3v) is 13.5. The molecule has 234 valence electrons. The number of rotatable bonds is 4. The van der Waals surface area contributed by atoms with Crippen molar-refractivity contribution in [3.05, 3.63) is 138 Å². The Morgan fingerprint density at radius 3 is 1.91 bits per heavy atom. The molecule has 5 aromatic carbocycles. The Bertz CT molecular complexity index is 1990. The lowest BCUT2D eigenvalue weighted by Gasteiger charge is -2.54.